The average molecular weight is 344 g/mol. The zero-order valence-electron chi connectivity index (χ0n) is 13.2. The number of amides is 2. The van der Waals surface area contributed by atoms with Crippen LogP contribution in [0.2, 0.25) is 0 Å². The Labute approximate surface area is 142 Å². The molecule has 7 heteroatoms. The summed E-state index contributed by atoms with van der Waals surface area (Å²) >= 11 is 0. The van der Waals surface area contributed by atoms with E-state index in [0.29, 0.717) is 38.2 Å². The molecule has 0 spiro atoms. The lowest BCUT2D eigenvalue weighted by molar-refractivity contribution is -0.134. The van der Waals surface area contributed by atoms with E-state index >= 15 is 0 Å². The molecule has 1 atom stereocenters. The van der Waals surface area contributed by atoms with Gasteiger partial charge in [0.2, 0.25) is 5.91 Å². The van der Waals surface area contributed by atoms with E-state index in [4.69, 9.17) is 5.73 Å². The summed E-state index contributed by atoms with van der Waals surface area (Å²) in [5.41, 5.74) is 6.18. The van der Waals surface area contributed by atoms with Gasteiger partial charge in [0, 0.05) is 31.7 Å². The molecule has 1 aromatic rings. The Morgan fingerprint density at radius 1 is 1.22 bits per heavy atom. The van der Waals surface area contributed by atoms with Crippen LogP contribution in [0.1, 0.15) is 30.1 Å². The molecule has 0 bridgehead atoms. The van der Waals surface area contributed by atoms with Gasteiger partial charge in [-0.2, -0.15) is 0 Å². The molecule has 1 aliphatic heterocycles. The smallest absolute Gasteiger partial charge is 0.254 e. The third kappa shape index (κ3) is 4.91. The molecule has 2 rings (SSSR count). The van der Waals surface area contributed by atoms with Crippen LogP contribution in [0.3, 0.4) is 0 Å². The van der Waals surface area contributed by atoms with Crippen molar-refractivity contribution < 1.29 is 14.0 Å². The van der Waals surface area contributed by atoms with Crippen LogP contribution in [0.15, 0.2) is 24.3 Å². The van der Waals surface area contributed by atoms with Crippen molar-refractivity contribution in [2.45, 2.75) is 25.8 Å². The summed E-state index contributed by atoms with van der Waals surface area (Å²) in [5, 5.41) is 0. The fourth-order valence-electron chi connectivity index (χ4n) is 2.60. The van der Waals surface area contributed by atoms with E-state index in [2.05, 4.69) is 0 Å². The van der Waals surface area contributed by atoms with Gasteiger partial charge in [-0.05, 0) is 24.6 Å². The minimum Gasteiger partial charge on any atom is -0.338 e. The first-order valence-electron chi connectivity index (χ1n) is 7.62. The third-order valence-corrected chi connectivity index (χ3v) is 3.87. The van der Waals surface area contributed by atoms with Gasteiger partial charge in [0.1, 0.15) is 5.82 Å². The highest BCUT2D eigenvalue weighted by Crippen LogP contribution is 2.11. The fourth-order valence-corrected chi connectivity index (χ4v) is 2.60. The Morgan fingerprint density at radius 3 is 2.39 bits per heavy atom. The van der Waals surface area contributed by atoms with E-state index in [-0.39, 0.29) is 24.2 Å². The molecule has 2 amide bonds. The van der Waals surface area contributed by atoms with Crippen molar-refractivity contribution in [1.29, 1.82) is 0 Å². The summed E-state index contributed by atoms with van der Waals surface area (Å²) in [6, 6.07) is 5.20. The van der Waals surface area contributed by atoms with Crippen LogP contribution >= 0.6 is 12.4 Å². The average Bonchev–Trinajstić information content (AvgIpc) is 2.54. The maximum atomic E-state index is 13.2. The second-order valence-electron chi connectivity index (χ2n) is 5.52. The van der Waals surface area contributed by atoms with E-state index in [0.717, 1.165) is 6.42 Å². The number of carbonyl (C=O) groups is 2. The summed E-state index contributed by atoms with van der Waals surface area (Å²) in [4.78, 5) is 27.8. The Balaban J connectivity index is 0.00000264. The highest BCUT2D eigenvalue weighted by atomic mass is 35.5. The molecule has 128 valence electrons. The molecule has 23 heavy (non-hydrogen) atoms. The van der Waals surface area contributed by atoms with Crippen LogP contribution in [-0.2, 0) is 4.79 Å². The Morgan fingerprint density at radius 2 is 1.83 bits per heavy atom. The molecule has 0 aromatic heterocycles. The minimum absolute atomic E-state index is 0. The molecular formula is C16H23ClFN3O2. The van der Waals surface area contributed by atoms with Gasteiger partial charge in [-0.1, -0.05) is 19.4 Å². The Bertz CT molecular complexity index is 548. The lowest BCUT2D eigenvalue weighted by Crippen LogP contribution is -2.54. The molecule has 5 nitrogen and oxygen atoms in total. The zero-order valence-corrected chi connectivity index (χ0v) is 14.0. The van der Waals surface area contributed by atoms with E-state index in [1.54, 1.807) is 15.9 Å². The van der Waals surface area contributed by atoms with Gasteiger partial charge in [0.25, 0.3) is 5.91 Å². The second kappa shape index (κ2) is 8.84. The maximum absolute atomic E-state index is 13.2. The molecule has 1 aliphatic rings. The first-order chi connectivity index (χ1) is 10.5. The number of carbonyl (C=O) groups excluding carboxylic acids is 2. The molecular weight excluding hydrogens is 321 g/mol. The van der Waals surface area contributed by atoms with Crippen LogP contribution in [-0.4, -0.2) is 53.8 Å². The third-order valence-electron chi connectivity index (χ3n) is 3.87. The summed E-state index contributed by atoms with van der Waals surface area (Å²) in [7, 11) is 0. The normalized spacial score (nSPS) is 15.8. The largest absolute Gasteiger partial charge is 0.338 e. The van der Waals surface area contributed by atoms with Crippen molar-refractivity contribution in [2.24, 2.45) is 5.73 Å². The molecule has 1 saturated heterocycles. The van der Waals surface area contributed by atoms with Crippen LogP contribution in [0, 0.1) is 5.82 Å². The molecule has 1 fully saturated rings. The summed E-state index contributed by atoms with van der Waals surface area (Å²) < 4.78 is 13.2. The molecule has 0 aliphatic carbocycles. The van der Waals surface area contributed by atoms with Crippen molar-refractivity contribution in [3.05, 3.63) is 35.6 Å². The summed E-state index contributed by atoms with van der Waals surface area (Å²) in [6.45, 7) is 3.82. The SMILES string of the molecule is CCCC(N)C(=O)N1CCN(C(=O)c2cccc(F)c2)CC1.Cl. The number of rotatable bonds is 4. The van der Waals surface area contributed by atoms with Crippen LogP contribution in [0.5, 0.6) is 0 Å². The standard InChI is InChI=1S/C16H22FN3O2.ClH/c1-2-4-14(18)16(22)20-9-7-19(8-10-20)15(21)12-5-3-6-13(17)11-12;/h3,5-6,11,14H,2,4,7-10,18H2,1H3;1H. The van der Waals surface area contributed by atoms with Gasteiger partial charge in [0.15, 0.2) is 0 Å². The number of hydrogen-bond donors (Lipinski definition) is 1. The topological polar surface area (TPSA) is 66.6 Å². The first kappa shape index (κ1) is 19.4. The van der Waals surface area contributed by atoms with Gasteiger partial charge in [-0.15, -0.1) is 12.4 Å². The highest BCUT2D eigenvalue weighted by Gasteiger charge is 2.27. The number of piperazine rings is 1. The van der Waals surface area contributed by atoms with Gasteiger partial charge in [0.05, 0.1) is 6.04 Å². The molecule has 2 N–H and O–H groups in total. The highest BCUT2D eigenvalue weighted by molar-refractivity contribution is 5.94. The quantitative estimate of drug-likeness (QED) is 0.904. The minimum atomic E-state index is -0.463. The maximum Gasteiger partial charge on any atom is 0.254 e. The van der Waals surface area contributed by atoms with E-state index in [1.807, 2.05) is 6.92 Å². The van der Waals surface area contributed by atoms with Crippen molar-refractivity contribution in [3.63, 3.8) is 0 Å². The van der Waals surface area contributed by atoms with Crippen molar-refractivity contribution >= 4 is 24.2 Å². The van der Waals surface area contributed by atoms with Gasteiger partial charge in [-0.25, -0.2) is 4.39 Å². The molecule has 0 radical (unpaired) electrons. The van der Waals surface area contributed by atoms with Crippen molar-refractivity contribution in [1.82, 2.24) is 9.80 Å². The van der Waals surface area contributed by atoms with E-state index in [1.165, 1.54) is 18.2 Å². The van der Waals surface area contributed by atoms with Crippen LogP contribution in [0.25, 0.3) is 0 Å². The predicted molar refractivity (Wildman–Crippen MR) is 89.0 cm³/mol. The van der Waals surface area contributed by atoms with E-state index in [9.17, 15) is 14.0 Å². The predicted octanol–water partition coefficient (Wildman–Crippen LogP) is 1.66. The fraction of sp³-hybridized carbons (Fsp3) is 0.500. The number of halogens is 2. The molecule has 1 unspecified atom stereocenters. The Hall–Kier alpha value is -1.66. The second-order valence-corrected chi connectivity index (χ2v) is 5.52. The lowest BCUT2D eigenvalue weighted by Gasteiger charge is -2.36. The zero-order chi connectivity index (χ0) is 16.1. The molecule has 0 saturated carbocycles. The first-order valence-corrected chi connectivity index (χ1v) is 7.62. The lowest BCUT2D eigenvalue weighted by atomic mass is 10.1. The number of nitrogens with zero attached hydrogens (tertiary/aromatic N) is 2. The van der Waals surface area contributed by atoms with Crippen LogP contribution in [0.4, 0.5) is 4.39 Å². The molecule has 1 heterocycles. The summed E-state index contributed by atoms with van der Waals surface area (Å²) in [5.74, 6) is -0.686. The summed E-state index contributed by atoms with van der Waals surface area (Å²) in [6.07, 6.45) is 1.53. The Kier molecular flexibility index (Phi) is 7.45. The molecule has 1 aromatic carbocycles. The van der Waals surface area contributed by atoms with Gasteiger partial charge in [-0.3, -0.25) is 9.59 Å². The monoisotopic (exact) mass is 343 g/mol. The van der Waals surface area contributed by atoms with Gasteiger partial charge < -0.3 is 15.5 Å². The van der Waals surface area contributed by atoms with Crippen molar-refractivity contribution in [2.75, 3.05) is 26.2 Å². The van der Waals surface area contributed by atoms with Crippen LogP contribution < -0.4 is 5.73 Å². The van der Waals surface area contributed by atoms with Crippen molar-refractivity contribution in [3.8, 4) is 0 Å². The number of hydrogen-bond acceptors (Lipinski definition) is 3. The number of nitrogens with two attached hydrogens (primary N) is 1. The van der Waals surface area contributed by atoms with E-state index < -0.39 is 11.9 Å². The van der Waals surface area contributed by atoms with Gasteiger partial charge >= 0.3 is 0 Å². The number of benzene rings is 1.